The van der Waals surface area contributed by atoms with Gasteiger partial charge in [0.05, 0.1) is 13.2 Å². The molecule has 0 aromatic heterocycles. The third-order valence-corrected chi connectivity index (χ3v) is 4.09. The number of rotatable bonds is 7. The second-order valence-electron chi connectivity index (χ2n) is 5.99. The Morgan fingerprint density at radius 2 is 1.26 bits per heavy atom. The molecule has 0 radical (unpaired) electrons. The third-order valence-electron chi connectivity index (χ3n) is 4.09. The fraction of sp³-hybridized carbons (Fsp3) is 0.368. The molecule has 0 bridgehead atoms. The molecule has 0 aliphatic rings. The first-order valence-electron chi connectivity index (χ1n) is 7.88. The maximum absolute atomic E-state index is 15.7. The minimum atomic E-state index is -6.09. The Bertz CT molecular complexity index is 758. The van der Waals surface area contributed by atoms with Crippen LogP contribution in [0.25, 0.3) is 0 Å². The summed E-state index contributed by atoms with van der Waals surface area (Å²) in [5, 5.41) is 0. The first-order valence-corrected chi connectivity index (χ1v) is 7.88. The van der Waals surface area contributed by atoms with Gasteiger partial charge in [-0.2, -0.15) is 22.0 Å². The zero-order valence-corrected chi connectivity index (χ0v) is 14.6. The lowest BCUT2D eigenvalue weighted by atomic mass is 9.81. The average molecular weight is 392 g/mol. The molecule has 0 saturated heterocycles. The zero-order valence-electron chi connectivity index (χ0n) is 14.6. The second kappa shape index (κ2) is 7.90. The van der Waals surface area contributed by atoms with E-state index in [9.17, 15) is 22.0 Å². The van der Waals surface area contributed by atoms with Crippen LogP contribution in [0.2, 0.25) is 0 Å². The van der Waals surface area contributed by atoms with Crippen molar-refractivity contribution >= 4 is 0 Å². The molecule has 1 atom stereocenters. The summed E-state index contributed by atoms with van der Waals surface area (Å²) < 4.78 is 93.5. The normalized spacial score (nSPS) is 14.8. The van der Waals surface area contributed by atoms with Gasteiger partial charge in [-0.05, 0) is 17.2 Å². The number of hydrogen-bond acceptors (Lipinski definition) is 2. The molecule has 2 aromatic carbocycles. The molecule has 0 spiro atoms. The topological polar surface area (TPSA) is 18.5 Å². The molecule has 0 saturated carbocycles. The van der Waals surface area contributed by atoms with Gasteiger partial charge in [0.2, 0.25) is 5.67 Å². The van der Waals surface area contributed by atoms with E-state index in [1.54, 1.807) is 0 Å². The Labute approximate surface area is 152 Å². The predicted octanol–water partition coefficient (Wildman–Crippen LogP) is 5.39. The maximum atomic E-state index is 15.7. The highest BCUT2D eigenvalue weighted by molar-refractivity contribution is 5.42. The molecule has 1 unspecified atom stereocenters. The van der Waals surface area contributed by atoms with Gasteiger partial charge < -0.3 is 9.47 Å². The summed E-state index contributed by atoms with van der Waals surface area (Å²) in [7, 11) is 2.72. The molecule has 0 N–H and O–H groups in total. The van der Waals surface area contributed by atoms with Gasteiger partial charge in [-0.25, -0.2) is 4.39 Å². The minimum Gasteiger partial charge on any atom is -0.380 e. The molecule has 0 heterocycles. The standard InChI is InChI=1S/C19H18F6O2/c1-26-11-13-6-8-15(9-7-13)17(20,18(21,22)19(23,24)25)16-5-3-4-14(10-16)12-27-2/h3-10H,11-12H2,1-2H3. The highest BCUT2D eigenvalue weighted by Crippen LogP contribution is 2.54. The zero-order chi connectivity index (χ0) is 20.3. The molecule has 27 heavy (non-hydrogen) atoms. The summed E-state index contributed by atoms with van der Waals surface area (Å²) in [6, 6.07) is 8.84. The number of alkyl halides is 6. The number of methoxy groups -OCH3 is 2. The van der Waals surface area contributed by atoms with Crippen LogP contribution in [0.3, 0.4) is 0 Å². The molecular formula is C19H18F6O2. The van der Waals surface area contributed by atoms with Gasteiger partial charge in [0, 0.05) is 25.3 Å². The van der Waals surface area contributed by atoms with Crippen LogP contribution < -0.4 is 0 Å². The van der Waals surface area contributed by atoms with Crippen LogP contribution >= 0.6 is 0 Å². The van der Waals surface area contributed by atoms with Crippen molar-refractivity contribution in [3.63, 3.8) is 0 Å². The highest BCUT2D eigenvalue weighted by atomic mass is 19.4. The number of benzene rings is 2. The quantitative estimate of drug-likeness (QED) is 0.588. The van der Waals surface area contributed by atoms with Gasteiger partial charge in [0.15, 0.2) is 0 Å². The van der Waals surface area contributed by atoms with Gasteiger partial charge in [-0.1, -0.05) is 42.5 Å². The molecule has 0 fully saturated rings. The maximum Gasteiger partial charge on any atom is 0.457 e. The summed E-state index contributed by atoms with van der Waals surface area (Å²) in [5.41, 5.74) is -4.95. The van der Waals surface area contributed by atoms with E-state index in [4.69, 9.17) is 9.47 Å². The van der Waals surface area contributed by atoms with E-state index in [0.717, 1.165) is 24.3 Å². The Morgan fingerprint density at radius 3 is 1.78 bits per heavy atom. The Hall–Kier alpha value is -2.06. The van der Waals surface area contributed by atoms with E-state index in [1.807, 2.05) is 0 Å². The fourth-order valence-electron chi connectivity index (χ4n) is 2.76. The third kappa shape index (κ3) is 3.96. The van der Waals surface area contributed by atoms with E-state index in [-0.39, 0.29) is 18.8 Å². The van der Waals surface area contributed by atoms with Crippen LogP contribution in [-0.2, 0) is 28.4 Å². The Balaban J connectivity index is 2.67. The lowest BCUT2D eigenvalue weighted by Crippen LogP contribution is -2.53. The van der Waals surface area contributed by atoms with Crippen LogP contribution in [0, 0.1) is 0 Å². The molecule has 0 amide bonds. The first-order chi connectivity index (χ1) is 12.6. The van der Waals surface area contributed by atoms with E-state index in [1.165, 1.54) is 38.5 Å². The summed E-state index contributed by atoms with van der Waals surface area (Å²) in [5.74, 6) is -5.66. The monoisotopic (exact) mass is 392 g/mol. The van der Waals surface area contributed by atoms with E-state index >= 15 is 4.39 Å². The van der Waals surface area contributed by atoms with Gasteiger partial charge in [-0.3, -0.25) is 0 Å². The molecule has 2 nitrogen and oxygen atoms in total. The van der Waals surface area contributed by atoms with Gasteiger partial charge in [0.25, 0.3) is 0 Å². The van der Waals surface area contributed by atoms with E-state index < -0.39 is 28.9 Å². The average Bonchev–Trinajstić information content (AvgIpc) is 2.61. The molecule has 148 valence electrons. The van der Waals surface area contributed by atoms with Crippen molar-refractivity contribution in [1.82, 2.24) is 0 Å². The van der Waals surface area contributed by atoms with Crippen LogP contribution in [0.5, 0.6) is 0 Å². The lowest BCUT2D eigenvalue weighted by Gasteiger charge is -2.35. The van der Waals surface area contributed by atoms with Crippen molar-refractivity contribution < 1.29 is 35.8 Å². The fourth-order valence-corrected chi connectivity index (χ4v) is 2.76. The predicted molar refractivity (Wildman–Crippen MR) is 87.2 cm³/mol. The van der Waals surface area contributed by atoms with Crippen LogP contribution in [0.15, 0.2) is 48.5 Å². The minimum absolute atomic E-state index is 0.0612. The highest BCUT2D eigenvalue weighted by Gasteiger charge is 2.72. The number of ether oxygens (including phenoxy) is 2. The van der Waals surface area contributed by atoms with Crippen molar-refractivity contribution in [2.45, 2.75) is 31.0 Å². The van der Waals surface area contributed by atoms with Gasteiger partial charge in [-0.15, -0.1) is 0 Å². The summed E-state index contributed by atoms with van der Waals surface area (Å²) in [4.78, 5) is 0. The summed E-state index contributed by atoms with van der Waals surface area (Å²) in [6.45, 7) is 0.0485. The molecular weight excluding hydrogens is 374 g/mol. The molecule has 2 aromatic rings. The largest absolute Gasteiger partial charge is 0.457 e. The Kier molecular flexibility index (Phi) is 6.21. The SMILES string of the molecule is COCc1ccc(C(F)(c2cccc(COC)c2)C(F)(F)C(F)(F)F)cc1. The summed E-state index contributed by atoms with van der Waals surface area (Å²) >= 11 is 0. The molecule has 0 aliphatic carbocycles. The number of halogens is 6. The van der Waals surface area contributed by atoms with Crippen molar-refractivity contribution in [2.24, 2.45) is 0 Å². The van der Waals surface area contributed by atoms with Crippen molar-refractivity contribution in [2.75, 3.05) is 14.2 Å². The first kappa shape index (κ1) is 21.2. The van der Waals surface area contributed by atoms with Crippen molar-refractivity contribution in [3.8, 4) is 0 Å². The molecule has 0 aliphatic heterocycles. The van der Waals surface area contributed by atoms with Gasteiger partial charge in [0.1, 0.15) is 0 Å². The van der Waals surface area contributed by atoms with Crippen molar-refractivity contribution in [3.05, 3.63) is 70.8 Å². The lowest BCUT2D eigenvalue weighted by molar-refractivity contribution is -0.323. The van der Waals surface area contributed by atoms with Crippen molar-refractivity contribution in [1.29, 1.82) is 0 Å². The smallest absolute Gasteiger partial charge is 0.380 e. The van der Waals surface area contributed by atoms with Gasteiger partial charge >= 0.3 is 12.1 Å². The van der Waals surface area contributed by atoms with Crippen LogP contribution in [-0.4, -0.2) is 26.3 Å². The van der Waals surface area contributed by atoms with E-state index in [2.05, 4.69) is 0 Å². The summed E-state index contributed by atoms with van der Waals surface area (Å²) in [6.07, 6.45) is -6.09. The van der Waals surface area contributed by atoms with Crippen LogP contribution in [0.1, 0.15) is 22.3 Å². The Morgan fingerprint density at radius 1 is 0.704 bits per heavy atom. The second-order valence-corrected chi connectivity index (χ2v) is 5.99. The number of hydrogen-bond donors (Lipinski definition) is 0. The molecule has 2 rings (SSSR count). The van der Waals surface area contributed by atoms with E-state index in [0.29, 0.717) is 5.56 Å². The molecule has 8 heteroatoms. The van der Waals surface area contributed by atoms with Crippen LogP contribution in [0.4, 0.5) is 26.3 Å².